The van der Waals surface area contributed by atoms with Gasteiger partial charge in [0.15, 0.2) is 0 Å². The maximum atomic E-state index is 2.51. The van der Waals surface area contributed by atoms with Crippen molar-refractivity contribution >= 4 is 0 Å². The summed E-state index contributed by atoms with van der Waals surface area (Å²) in [6.45, 7) is 9.51. The van der Waals surface area contributed by atoms with Crippen molar-refractivity contribution in [2.75, 3.05) is 0 Å². The van der Waals surface area contributed by atoms with E-state index in [0.29, 0.717) is 0 Å². The second-order valence-corrected chi connectivity index (χ2v) is 6.34. The highest BCUT2D eigenvalue weighted by atomic mass is 14.5. The minimum Gasteiger partial charge on any atom is -0.0654 e. The molecule has 2 unspecified atom stereocenters. The van der Waals surface area contributed by atoms with Gasteiger partial charge in [0.25, 0.3) is 0 Å². The molecule has 90 valence electrons. The zero-order chi connectivity index (χ0) is 11.3. The number of unbranched alkanes of at least 4 members (excludes halogenated alkanes) is 3. The molecule has 0 heteroatoms. The molecule has 0 bridgehead atoms. The summed E-state index contributed by atoms with van der Waals surface area (Å²) in [5.74, 6) is 1.97. The molecule has 0 heterocycles. The van der Waals surface area contributed by atoms with Crippen LogP contribution in [0.25, 0.3) is 0 Å². The van der Waals surface area contributed by atoms with Gasteiger partial charge in [-0.2, -0.15) is 0 Å². The Hall–Kier alpha value is 0. The van der Waals surface area contributed by atoms with Crippen LogP contribution in [0.15, 0.2) is 0 Å². The molecular formula is C15H30. The van der Waals surface area contributed by atoms with Gasteiger partial charge >= 0.3 is 0 Å². The predicted octanol–water partition coefficient (Wildman–Crippen LogP) is 5.42. The fourth-order valence-electron chi connectivity index (χ4n) is 2.70. The summed E-state index contributed by atoms with van der Waals surface area (Å²) in [5.41, 5.74) is 0.747. The molecule has 1 rings (SSSR count). The molecule has 1 aliphatic rings. The molecule has 0 aliphatic heterocycles. The lowest BCUT2D eigenvalue weighted by molar-refractivity contribution is 0.389. The molecule has 1 fully saturated rings. The quantitative estimate of drug-likeness (QED) is 0.469. The highest BCUT2D eigenvalue weighted by Crippen LogP contribution is 2.58. The van der Waals surface area contributed by atoms with Gasteiger partial charge in [0, 0.05) is 0 Å². The Kier molecular flexibility index (Phi) is 5.15. The van der Waals surface area contributed by atoms with Crippen LogP contribution < -0.4 is 0 Å². The van der Waals surface area contributed by atoms with Crippen LogP contribution in [-0.4, -0.2) is 0 Å². The fraction of sp³-hybridized carbons (Fsp3) is 1.00. The van der Waals surface area contributed by atoms with Crippen LogP contribution in [0.1, 0.15) is 79.1 Å². The predicted molar refractivity (Wildman–Crippen MR) is 69.0 cm³/mol. The van der Waals surface area contributed by atoms with Crippen LogP contribution in [0, 0.1) is 17.3 Å². The topological polar surface area (TPSA) is 0 Å². The first kappa shape index (κ1) is 13.1. The highest BCUT2D eigenvalue weighted by molar-refractivity contribution is 4.98. The standard InChI is InChI=1S/C15H30/c1-5-6-7-8-9-14-12-15(14,4)11-10-13(2)3/h13-14H,5-12H2,1-4H3. The Labute approximate surface area is 96.8 Å². The lowest BCUT2D eigenvalue weighted by atomic mass is 9.93. The summed E-state index contributed by atoms with van der Waals surface area (Å²) >= 11 is 0. The van der Waals surface area contributed by atoms with E-state index in [0.717, 1.165) is 17.3 Å². The third-order valence-electron chi connectivity index (χ3n) is 4.24. The van der Waals surface area contributed by atoms with Gasteiger partial charge in [-0.15, -0.1) is 0 Å². The van der Waals surface area contributed by atoms with E-state index in [4.69, 9.17) is 0 Å². The molecule has 0 N–H and O–H groups in total. The lowest BCUT2D eigenvalue weighted by Gasteiger charge is -2.12. The minimum absolute atomic E-state index is 0.747. The molecule has 15 heavy (non-hydrogen) atoms. The van der Waals surface area contributed by atoms with Crippen LogP contribution in [-0.2, 0) is 0 Å². The van der Waals surface area contributed by atoms with Crippen molar-refractivity contribution in [3.05, 3.63) is 0 Å². The van der Waals surface area contributed by atoms with Crippen LogP contribution in [0.4, 0.5) is 0 Å². The Morgan fingerprint density at radius 2 is 1.93 bits per heavy atom. The van der Waals surface area contributed by atoms with Gasteiger partial charge in [-0.05, 0) is 36.5 Å². The normalized spacial score (nSPS) is 29.8. The van der Waals surface area contributed by atoms with Gasteiger partial charge in [-0.3, -0.25) is 0 Å². The Balaban J connectivity index is 2.04. The first-order valence-corrected chi connectivity index (χ1v) is 7.08. The number of rotatable bonds is 8. The summed E-state index contributed by atoms with van der Waals surface area (Å²) in [5, 5.41) is 0. The molecule has 1 saturated carbocycles. The van der Waals surface area contributed by atoms with Crippen LogP contribution >= 0.6 is 0 Å². The van der Waals surface area contributed by atoms with E-state index in [1.54, 1.807) is 0 Å². The highest BCUT2D eigenvalue weighted by Gasteiger charge is 2.48. The average Bonchev–Trinajstić information content (AvgIpc) is 2.83. The number of hydrogen-bond acceptors (Lipinski definition) is 0. The molecular weight excluding hydrogens is 180 g/mol. The van der Waals surface area contributed by atoms with Gasteiger partial charge in [-0.25, -0.2) is 0 Å². The third-order valence-corrected chi connectivity index (χ3v) is 4.24. The van der Waals surface area contributed by atoms with E-state index in [1.807, 2.05) is 0 Å². The number of hydrogen-bond donors (Lipinski definition) is 0. The summed E-state index contributed by atoms with van der Waals surface area (Å²) in [6.07, 6.45) is 11.7. The van der Waals surface area contributed by atoms with Crippen LogP contribution in [0.3, 0.4) is 0 Å². The van der Waals surface area contributed by atoms with E-state index in [1.165, 1.54) is 51.4 Å². The summed E-state index contributed by atoms with van der Waals surface area (Å²) in [6, 6.07) is 0. The molecule has 0 aromatic rings. The smallest absolute Gasteiger partial charge is 0.0294 e. The molecule has 0 spiro atoms. The Morgan fingerprint density at radius 1 is 1.20 bits per heavy atom. The molecule has 0 radical (unpaired) electrons. The first-order valence-electron chi connectivity index (χ1n) is 7.08. The van der Waals surface area contributed by atoms with E-state index in [9.17, 15) is 0 Å². The Morgan fingerprint density at radius 3 is 2.53 bits per heavy atom. The van der Waals surface area contributed by atoms with Crippen LogP contribution in [0.2, 0.25) is 0 Å². The lowest BCUT2D eigenvalue weighted by Crippen LogP contribution is -2.01. The van der Waals surface area contributed by atoms with Crippen molar-refractivity contribution in [2.24, 2.45) is 17.3 Å². The third kappa shape index (κ3) is 4.57. The maximum Gasteiger partial charge on any atom is -0.0294 e. The Bertz CT molecular complexity index is 171. The van der Waals surface area contributed by atoms with Gasteiger partial charge in [-0.1, -0.05) is 59.8 Å². The zero-order valence-corrected chi connectivity index (χ0v) is 11.3. The fourth-order valence-corrected chi connectivity index (χ4v) is 2.70. The van der Waals surface area contributed by atoms with Crippen molar-refractivity contribution in [1.82, 2.24) is 0 Å². The molecule has 1 aliphatic carbocycles. The molecule has 0 aromatic heterocycles. The summed E-state index contributed by atoms with van der Waals surface area (Å²) in [4.78, 5) is 0. The molecule has 0 nitrogen and oxygen atoms in total. The molecule has 0 aromatic carbocycles. The van der Waals surface area contributed by atoms with Crippen molar-refractivity contribution in [3.8, 4) is 0 Å². The first-order chi connectivity index (χ1) is 7.08. The van der Waals surface area contributed by atoms with E-state index in [2.05, 4.69) is 27.7 Å². The molecule has 0 amide bonds. The summed E-state index contributed by atoms with van der Waals surface area (Å²) < 4.78 is 0. The molecule has 0 saturated heterocycles. The maximum absolute atomic E-state index is 2.51. The summed E-state index contributed by atoms with van der Waals surface area (Å²) in [7, 11) is 0. The van der Waals surface area contributed by atoms with Gasteiger partial charge in [0.2, 0.25) is 0 Å². The van der Waals surface area contributed by atoms with Gasteiger partial charge in [0.1, 0.15) is 0 Å². The largest absolute Gasteiger partial charge is 0.0654 e. The van der Waals surface area contributed by atoms with E-state index >= 15 is 0 Å². The van der Waals surface area contributed by atoms with Crippen LogP contribution in [0.5, 0.6) is 0 Å². The SMILES string of the molecule is CCCCCCC1CC1(C)CCC(C)C. The van der Waals surface area contributed by atoms with E-state index in [-0.39, 0.29) is 0 Å². The van der Waals surface area contributed by atoms with Crippen molar-refractivity contribution in [1.29, 1.82) is 0 Å². The van der Waals surface area contributed by atoms with Gasteiger partial charge < -0.3 is 0 Å². The zero-order valence-electron chi connectivity index (χ0n) is 11.3. The average molecular weight is 210 g/mol. The minimum atomic E-state index is 0.747. The second kappa shape index (κ2) is 5.92. The van der Waals surface area contributed by atoms with Crippen molar-refractivity contribution < 1.29 is 0 Å². The van der Waals surface area contributed by atoms with Crippen molar-refractivity contribution in [2.45, 2.75) is 79.1 Å². The second-order valence-electron chi connectivity index (χ2n) is 6.34. The van der Waals surface area contributed by atoms with E-state index < -0.39 is 0 Å². The molecule has 2 atom stereocenters. The van der Waals surface area contributed by atoms with Gasteiger partial charge in [0.05, 0.1) is 0 Å². The monoisotopic (exact) mass is 210 g/mol. The van der Waals surface area contributed by atoms with Crippen molar-refractivity contribution in [3.63, 3.8) is 0 Å².